The van der Waals surface area contributed by atoms with E-state index in [0.29, 0.717) is 11.3 Å². The molecule has 1 fully saturated rings. The van der Waals surface area contributed by atoms with Crippen molar-refractivity contribution in [3.8, 4) is 0 Å². The van der Waals surface area contributed by atoms with Crippen LogP contribution in [-0.2, 0) is 4.74 Å². The monoisotopic (exact) mass is 260 g/mol. The van der Waals surface area contributed by atoms with Gasteiger partial charge in [-0.2, -0.15) is 0 Å². The average molecular weight is 261 g/mol. The molecule has 1 aromatic rings. The molecule has 0 aliphatic carbocycles. The van der Waals surface area contributed by atoms with E-state index in [-0.39, 0.29) is 5.92 Å². The zero-order valence-electron chi connectivity index (χ0n) is 7.78. The smallest absolute Gasteiger partial charge is 0.169 e. The Morgan fingerprint density at radius 1 is 1.57 bits per heavy atom. The molecule has 1 N–H and O–H groups in total. The predicted octanol–water partition coefficient (Wildman–Crippen LogP) is 2.50. The van der Waals surface area contributed by atoms with Gasteiger partial charge in [0, 0.05) is 18.1 Å². The summed E-state index contributed by atoms with van der Waals surface area (Å²) in [5, 5.41) is 10.00. The third-order valence-electron chi connectivity index (χ3n) is 2.57. The van der Waals surface area contributed by atoms with Gasteiger partial charge in [-0.3, -0.25) is 0 Å². The van der Waals surface area contributed by atoms with E-state index in [1.807, 2.05) is 0 Å². The van der Waals surface area contributed by atoms with Crippen LogP contribution in [0.1, 0.15) is 24.5 Å². The number of aliphatic hydroxyl groups excluding tert-OH is 1. The SMILES string of the molecule is OC(c1coc(Br)c1)C1CCCOC1. The molecule has 14 heavy (non-hydrogen) atoms. The van der Waals surface area contributed by atoms with Crippen LogP contribution in [-0.4, -0.2) is 18.3 Å². The lowest BCUT2D eigenvalue weighted by atomic mass is 9.92. The van der Waals surface area contributed by atoms with Crippen molar-refractivity contribution in [1.82, 2.24) is 0 Å². The van der Waals surface area contributed by atoms with Crippen molar-refractivity contribution in [1.29, 1.82) is 0 Å². The Hall–Kier alpha value is -0.320. The quantitative estimate of drug-likeness (QED) is 0.889. The molecule has 2 atom stereocenters. The fourth-order valence-corrected chi connectivity index (χ4v) is 2.12. The molecule has 4 heteroatoms. The zero-order chi connectivity index (χ0) is 9.97. The predicted molar refractivity (Wildman–Crippen MR) is 54.9 cm³/mol. The topological polar surface area (TPSA) is 42.6 Å². The molecule has 0 bridgehead atoms. The molecule has 1 aliphatic rings. The molecule has 2 rings (SSSR count). The largest absolute Gasteiger partial charge is 0.457 e. The Morgan fingerprint density at radius 3 is 3.00 bits per heavy atom. The Bertz CT molecular complexity index is 291. The maximum Gasteiger partial charge on any atom is 0.169 e. The molecule has 0 saturated carbocycles. The van der Waals surface area contributed by atoms with Gasteiger partial charge in [-0.15, -0.1) is 0 Å². The maximum atomic E-state index is 10.00. The van der Waals surface area contributed by atoms with E-state index >= 15 is 0 Å². The summed E-state index contributed by atoms with van der Waals surface area (Å²) in [7, 11) is 0. The molecule has 0 radical (unpaired) electrons. The lowest BCUT2D eigenvalue weighted by Gasteiger charge is -2.25. The van der Waals surface area contributed by atoms with Gasteiger partial charge in [-0.25, -0.2) is 0 Å². The van der Waals surface area contributed by atoms with Crippen molar-refractivity contribution in [2.75, 3.05) is 13.2 Å². The number of ether oxygens (including phenoxy) is 1. The summed E-state index contributed by atoms with van der Waals surface area (Å²) in [6, 6.07) is 1.80. The van der Waals surface area contributed by atoms with Crippen LogP contribution < -0.4 is 0 Å². The van der Waals surface area contributed by atoms with Crippen molar-refractivity contribution in [2.24, 2.45) is 5.92 Å². The Balaban J connectivity index is 2.03. The highest BCUT2D eigenvalue weighted by Gasteiger charge is 2.24. The highest BCUT2D eigenvalue weighted by molar-refractivity contribution is 9.10. The van der Waals surface area contributed by atoms with Gasteiger partial charge >= 0.3 is 0 Å². The number of furan rings is 1. The Kier molecular flexibility index (Phi) is 3.26. The molecule has 0 aromatic carbocycles. The van der Waals surface area contributed by atoms with E-state index in [0.717, 1.165) is 25.0 Å². The van der Waals surface area contributed by atoms with Crippen LogP contribution in [0, 0.1) is 5.92 Å². The minimum Gasteiger partial charge on any atom is -0.457 e. The summed E-state index contributed by atoms with van der Waals surface area (Å²) in [5.74, 6) is 0.202. The second-order valence-corrected chi connectivity index (χ2v) is 4.39. The van der Waals surface area contributed by atoms with Crippen LogP contribution in [0.2, 0.25) is 0 Å². The van der Waals surface area contributed by atoms with Gasteiger partial charge in [-0.05, 0) is 34.8 Å². The van der Waals surface area contributed by atoms with Crippen molar-refractivity contribution < 1.29 is 14.3 Å². The summed E-state index contributed by atoms with van der Waals surface area (Å²) in [6.45, 7) is 1.46. The summed E-state index contributed by atoms with van der Waals surface area (Å²) in [6.07, 6.45) is 3.17. The summed E-state index contributed by atoms with van der Waals surface area (Å²) in [4.78, 5) is 0. The molecule has 3 nitrogen and oxygen atoms in total. The number of aliphatic hydroxyl groups is 1. The molecule has 2 unspecified atom stereocenters. The first-order chi connectivity index (χ1) is 6.77. The number of hydrogen-bond donors (Lipinski definition) is 1. The van der Waals surface area contributed by atoms with Crippen molar-refractivity contribution in [3.05, 3.63) is 22.6 Å². The number of halogens is 1. The molecule has 2 heterocycles. The van der Waals surface area contributed by atoms with Crippen LogP contribution in [0.3, 0.4) is 0 Å². The van der Waals surface area contributed by atoms with Crippen molar-refractivity contribution in [3.63, 3.8) is 0 Å². The van der Waals surface area contributed by atoms with Crippen LogP contribution in [0.4, 0.5) is 0 Å². The first-order valence-corrected chi connectivity index (χ1v) is 5.56. The van der Waals surface area contributed by atoms with E-state index in [2.05, 4.69) is 15.9 Å². The minimum absolute atomic E-state index is 0.202. The Labute approximate surface area is 91.2 Å². The highest BCUT2D eigenvalue weighted by Crippen LogP contribution is 2.30. The van der Waals surface area contributed by atoms with Crippen LogP contribution in [0.15, 0.2) is 21.4 Å². The molecule has 1 saturated heterocycles. The third kappa shape index (κ3) is 2.19. The van der Waals surface area contributed by atoms with E-state index < -0.39 is 6.10 Å². The lowest BCUT2D eigenvalue weighted by Crippen LogP contribution is -2.23. The second kappa shape index (κ2) is 4.47. The molecule has 78 valence electrons. The van der Waals surface area contributed by atoms with Crippen LogP contribution in [0.25, 0.3) is 0 Å². The highest BCUT2D eigenvalue weighted by atomic mass is 79.9. The van der Waals surface area contributed by atoms with E-state index in [1.54, 1.807) is 12.3 Å². The maximum absolute atomic E-state index is 10.00. The fourth-order valence-electron chi connectivity index (χ4n) is 1.77. The van der Waals surface area contributed by atoms with Gasteiger partial charge < -0.3 is 14.3 Å². The van der Waals surface area contributed by atoms with E-state index in [1.165, 1.54) is 0 Å². The van der Waals surface area contributed by atoms with Crippen molar-refractivity contribution in [2.45, 2.75) is 18.9 Å². The fraction of sp³-hybridized carbons (Fsp3) is 0.600. The summed E-state index contributed by atoms with van der Waals surface area (Å²) >= 11 is 3.22. The standard InChI is InChI=1S/C10H13BrO3/c11-9-4-8(6-14-9)10(12)7-2-1-3-13-5-7/h4,6-7,10,12H,1-3,5H2. The van der Waals surface area contributed by atoms with Gasteiger partial charge in [0.25, 0.3) is 0 Å². The van der Waals surface area contributed by atoms with Gasteiger partial charge in [-0.1, -0.05) is 0 Å². The average Bonchev–Trinajstić information content (AvgIpc) is 2.65. The first kappa shape index (κ1) is 10.2. The van der Waals surface area contributed by atoms with E-state index in [4.69, 9.17) is 9.15 Å². The molecule has 1 aromatic heterocycles. The van der Waals surface area contributed by atoms with Crippen molar-refractivity contribution >= 4 is 15.9 Å². The van der Waals surface area contributed by atoms with Crippen LogP contribution in [0.5, 0.6) is 0 Å². The van der Waals surface area contributed by atoms with Gasteiger partial charge in [0.15, 0.2) is 4.67 Å². The first-order valence-electron chi connectivity index (χ1n) is 4.77. The minimum atomic E-state index is -0.467. The zero-order valence-corrected chi connectivity index (χ0v) is 9.37. The molecular weight excluding hydrogens is 248 g/mol. The summed E-state index contributed by atoms with van der Waals surface area (Å²) in [5.41, 5.74) is 0.826. The van der Waals surface area contributed by atoms with Gasteiger partial charge in [0.2, 0.25) is 0 Å². The lowest BCUT2D eigenvalue weighted by molar-refractivity contribution is -0.0101. The number of rotatable bonds is 2. The molecule has 1 aliphatic heterocycles. The van der Waals surface area contributed by atoms with Gasteiger partial charge in [0.05, 0.1) is 19.0 Å². The van der Waals surface area contributed by atoms with Gasteiger partial charge in [0.1, 0.15) is 0 Å². The third-order valence-corrected chi connectivity index (χ3v) is 2.99. The van der Waals surface area contributed by atoms with Crippen LogP contribution >= 0.6 is 15.9 Å². The summed E-state index contributed by atoms with van der Waals surface area (Å²) < 4.78 is 11.1. The Morgan fingerprint density at radius 2 is 2.43 bits per heavy atom. The second-order valence-electron chi connectivity index (χ2n) is 3.61. The molecular formula is C10H13BrO3. The number of hydrogen-bond acceptors (Lipinski definition) is 3. The molecule has 0 spiro atoms. The molecule has 0 amide bonds. The van der Waals surface area contributed by atoms with E-state index in [9.17, 15) is 5.11 Å². The normalized spacial score (nSPS) is 24.9.